The van der Waals surface area contributed by atoms with Crippen LogP contribution in [0.15, 0.2) is 53.4 Å². The molecule has 9 heteroatoms. The number of nitrogens with zero attached hydrogens (tertiary/aromatic N) is 1. The minimum atomic E-state index is -3.68. The van der Waals surface area contributed by atoms with E-state index in [9.17, 15) is 13.5 Å². The summed E-state index contributed by atoms with van der Waals surface area (Å²) in [5, 5.41) is 21.4. The summed E-state index contributed by atoms with van der Waals surface area (Å²) in [7, 11) is -3.68. The molecule has 2 aromatic carbocycles. The topological polar surface area (TPSA) is 108 Å². The summed E-state index contributed by atoms with van der Waals surface area (Å²) in [4.78, 5) is 2.35. The van der Waals surface area contributed by atoms with Crippen LogP contribution in [0.5, 0.6) is 0 Å². The number of sulfonamides is 1. The summed E-state index contributed by atoms with van der Waals surface area (Å²) in [6.45, 7) is 2.18. The molecule has 3 rings (SSSR count). The van der Waals surface area contributed by atoms with Gasteiger partial charge in [0.05, 0.1) is 11.0 Å². The Kier molecular flexibility index (Phi) is 6.50. The van der Waals surface area contributed by atoms with Gasteiger partial charge >= 0.3 is 0 Å². The van der Waals surface area contributed by atoms with Crippen molar-refractivity contribution in [2.24, 2.45) is 5.14 Å². The predicted octanol–water partition coefficient (Wildman–Crippen LogP) is 1.78. The molecule has 0 bridgehead atoms. The van der Waals surface area contributed by atoms with Gasteiger partial charge in [0.25, 0.3) is 0 Å². The number of nitrogens with one attached hydrogen (secondary N) is 2. The first-order chi connectivity index (χ1) is 13.3. The Labute approximate surface area is 170 Å². The average molecular weight is 421 g/mol. The van der Waals surface area contributed by atoms with E-state index in [-0.39, 0.29) is 11.0 Å². The smallest absolute Gasteiger partial charge is 0.238 e. The highest BCUT2D eigenvalue weighted by atomic mass is 32.2. The Morgan fingerprint density at radius 3 is 2.29 bits per heavy atom. The average Bonchev–Trinajstić information content (AvgIpc) is 2.67. The first-order valence-corrected chi connectivity index (χ1v) is 11.0. The molecule has 0 saturated carbocycles. The molecular formula is C19H24N4O3S2. The van der Waals surface area contributed by atoms with Gasteiger partial charge in [0, 0.05) is 31.0 Å². The molecule has 0 unspecified atom stereocenters. The van der Waals surface area contributed by atoms with Gasteiger partial charge in [0.2, 0.25) is 10.0 Å². The van der Waals surface area contributed by atoms with Crippen LogP contribution in [0.3, 0.4) is 0 Å². The minimum absolute atomic E-state index is 0.0836. The Morgan fingerprint density at radius 2 is 1.71 bits per heavy atom. The molecule has 1 aliphatic rings. The molecule has 0 spiro atoms. The maximum Gasteiger partial charge on any atom is 0.238 e. The Bertz CT molecular complexity index is 907. The molecule has 0 aliphatic carbocycles. The third-order valence-corrected chi connectivity index (χ3v) is 5.84. The van der Waals surface area contributed by atoms with Crippen molar-refractivity contribution in [3.05, 3.63) is 54.1 Å². The predicted molar refractivity (Wildman–Crippen MR) is 115 cm³/mol. The Balaban J connectivity index is 1.49. The van der Waals surface area contributed by atoms with Crippen molar-refractivity contribution in [2.75, 3.05) is 23.3 Å². The van der Waals surface area contributed by atoms with Crippen LogP contribution in [0.1, 0.15) is 18.4 Å². The first kappa shape index (κ1) is 20.5. The monoisotopic (exact) mass is 420 g/mol. The fourth-order valence-corrected chi connectivity index (χ4v) is 3.74. The second kappa shape index (κ2) is 8.87. The van der Waals surface area contributed by atoms with Gasteiger partial charge in [0.1, 0.15) is 0 Å². The molecule has 1 saturated heterocycles. The van der Waals surface area contributed by atoms with Crippen LogP contribution in [0.4, 0.5) is 11.4 Å². The zero-order valence-electron chi connectivity index (χ0n) is 15.3. The van der Waals surface area contributed by atoms with Gasteiger partial charge in [-0.3, -0.25) is 0 Å². The number of aliphatic hydroxyl groups excluding tert-OH is 1. The zero-order valence-corrected chi connectivity index (χ0v) is 17.0. The molecule has 1 fully saturated rings. The molecular weight excluding hydrogens is 396 g/mol. The molecule has 2 aromatic rings. The van der Waals surface area contributed by atoms with Crippen LogP contribution in [-0.2, 0) is 16.6 Å². The molecule has 0 amide bonds. The Morgan fingerprint density at radius 1 is 1.11 bits per heavy atom. The van der Waals surface area contributed by atoms with Gasteiger partial charge in [-0.1, -0.05) is 12.1 Å². The normalized spacial score (nSPS) is 15.3. The number of rotatable bonds is 5. The van der Waals surface area contributed by atoms with Crippen molar-refractivity contribution in [2.45, 2.75) is 30.4 Å². The third kappa shape index (κ3) is 5.65. The number of piperidine rings is 1. The van der Waals surface area contributed by atoms with E-state index in [4.69, 9.17) is 17.4 Å². The number of hydrogen-bond donors (Lipinski definition) is 4. The fourth-order valence-electron chi connectivity index (χ4n) is 3.03. The number of aliphatic hydroxyl groups is 1. The highest BCUT2D eigenvalue weighted by Crippen LogP contribution is 2.22. The SMILES string of the molecule is NS(=O)(=O)c1ccc(CNC(=S)Nc2ccc(N3CCC(O)CC3)cc2)cc1. The summed E-state index contributed by atoms with van der Waals surface area (Å²) in [6, 6.07) is 14.3. The van der Waals surface area contributed by atoms with E-state index in [1.165, 1.54) is 12.1 Å². The van der Waals surface area contributed by atoms with Crippen LogP contribution >= 0.6 is 12.2 Å². The number of primary sulfonamides is 1. The lowest BCUT2D eigenvalue weighted by molar-refractivity contribution is 0.145. The lowest BCUT2D eigenvalue weighted by atomic mass is 10.1. The maximum absolute atomic E-state index is 11.3. The number of hydrogen-bond acceptors (Lipinski definition) is 5. The van der Waals surface area contributed by atoms with Crippen LogP contribution in [0, 0.1) is 0 Å². The van der Waals surface area contributed by atoms with Crippen molar-refractivity contribution in [1.82, 2.24) is 5.32 Å². The summed E-state index contributed by atoms with van der Waals surface area (Å²) in [5.74, 6) is 0. The lowest BCUT2D eigenvalue weighted by Crippen LogP contribution is -2.35. The van der Waals surface area contributed by atoms with E-state index in [1.807, 2.05) is 24.3 Å². The number of thiocarbonyl (C=S) groups is 1. The van der Waals surface area contributed by atoms with Gasteiger partial charge in [-0.05, 0) is 67.0 Å². The zero-order chi connectivity index (χ0) is 20.1. The molecule has 150 valence electrons. The van der Waals surface area contributed by atoms with Crippen LogP contribution in [-0.4, -0.2) is 37.8 Å². The standard InChI is InChI=1S/C19H24N4O3S2/c20-28(25,26)18-7-1-14(2-8-18)13-21-19(27)22-15-3-5-16(6-4-15)23-11-9-17(24)10-12-23/h1-8,17,24H,9-13H2,(H2,20,25,26)(H2,21,22,27). The van der Waals surface area contributed by atoms with Crippen molar-refractivity contribution in [1.29, 1.82) is 0 Å². The molecule has 1 heterocycles. The van der Waals surface area contributed by atoms with E-state index >= 15 is 0 Å². The fraction of sp³-hybridized carbons (Fsp3) is 0.316. The number of nitrogens with two attached hydrogens (primary N) is 1. The summed E-state index contributed by atoms with van der Waals surface area (Å²) in [6.07, 6.45) is 1.41. The number of anilines is 2. The van der Waals surface area contributed by atoms with E-state index in [1.54, 1.807) is 12.1 Å². The second-order valence-corrected chi connectivity index (χ2v) is 8.73. The van der Waals surface area contributed by atoms with Gasteiger partial charge in [0.15, 0.2) is 5.11 Å². The van der Waals surface area contributed by atoms with Gasteiger partial charge in [-0.15, -0.1) is 0 Å². The largest absolute Gasteiger partial charge is 0.393 e. The van der Waals surface area contributed by atoms with Crippen molar-refractivity contribution in [3.8, 4) is 0 Å². The van der Waals surface area contributed by atoms with Crippen LogP contribution in [0.2, 0.25) is 0 Å². The first-order valence-electron chi connectivity index (χ1n) is 9.01. The lowest BCUT2D eigenvalue weighted by Gasteiger charge is -2.31. The van der Waals surface area contributed by atoms with Gasteiger partial charge in [-0.25, -0.2) is 13.6 Å². The van der Waals surface area contributed by atoms with E-state index < -0.39 is 10.0 Å². The van der Waals surface area contributed by atoms with Crippen molar-refractivity contribution >= 4 is 38.7 Å². The number of benzene rings is 2. The second-order valence-electron chi connectivity index (χ2n) is 6.76. The van der Waals surface area contributed by atoms with Crippen LogP contribution < -0.4 is 20.7 Å². The van der Waals surface area contributed by atoms with Gasteiger partial charge in [-0.2, -0.15) is 0 Å². The molecule has 0 radical (unpaired) electrons. The Hall–Kier alpha value is -2.20. The molecule has 7 nitrogen and oxygen atoms in total. The van der Waals surface area contributed by atoms with E-state index in [2.05, 4.69) is 15.5 Å². The molecule has 0 atom stereocenters. The quantitative estimate of drug-likeness (QED) is 0.546. The van der Waals surface area contributed by atoms with Gasteiger partial charge < -0.3 is 20.6 Å². The molecule has 28 heavy (non-hydrogen) atoms. The summed E-state index contributed by atoms with van der Waals surface area (Å²) < 4.78 is 22.5. The van der Waals surface area contributed by atoms with Crippen molar-refractivity contribution in [3.63, 3.8) is 0 Å². The van der Waals surface area contributed by atoms with E-state index in [0.29, 0.717) is 11.7 Å². The van der Waals surface area contributed by atoms with E-state index in [0.717, 1.165) is 42.9 Å². The molecule has 0 aromatic heterocycles. The van der Waals surface area contributed by atoms with Crippen molar-refractivity contribution < 1.29 is 13.5 Å². The highest BCUT2D eigenvalue weighted by Gasteiger charge is 2.17. The third-order valence-electron chi connectivity index (χ3n) is 4.66. The summed E-state index contributed by atoms with van der Waals surface area (Å²) >= 11 is 5.31. The molecule has 1 aliphatic heterocycles. The highest BCUT2D eigenvalue weighted by molar-refractivity contribution is 7.89. The minimum Gasteiger partial charge on any atom is -0.393 e. The summed E-state index contributed by atoms with van der Waals surface area (Å²) in [5.41, 5.74) is 2.90. The molecule has 5 N–H and O–H groups in total. The maximum atomic E-state index is 11.3. The van der Waals surface area contributed by atoms with Crippen LogP contribution in [0.25, 0.3) is 0 Å².